The fraction of sp³-hybridized carbons (Fsp3) is 0.636. The third kappa shape index (κ3) is 8.73. The Morgan fingerprint density at radius 3 is 2.76 bits per heavy atom. The van der Waals surface area contributed by atoms with Gasteiger partial charge in [-0.2, -0.15) is 0 Å². The Morgan fingerprint density at radius 2 is 2.10 bits per heavy atom. The van der Waals surface area contributed by atoms with Gasteiger partial charge >= 0.3 is 5.97 Å². The number of hydrogen-bond acceptors (Lipinski definition) is 5. The molecule has 0 aliphatic carbocycles. The summed E-state index contributed by atoms with van der Waals surface area (Å²) in [7, 11) is 0. The van der Waals surface area contributed by atoms with Crippen molar-refractivity contribution in [2.45, 2.75) is 53.2 Å². The minimum atomic E-state index is -0.507. The maximum Gasteiger partial charge on any atom is 0.325 e. The van der Waals surface area contributed by atoms with Crippen LogP contribution in [0.15, 0.2) is 23.2 Å². The molecule has 0 amide bonds. The quantitative estimate of drug-likeness (QED) is 0.393. The molecule has 7 heteroatoms. The van der Waals surface area contributed by atoms with Gasteiger partial charge in [-0.05, 0) is 52.7 Å². The molecule has 1 saturated heterocycles. The highest BCUT2D eigenvalue weighted by Gasteiger charge is 2.18. The monoisotopic (exact) mass is 405 g/mol. The smallest absolute Gasteiger partial charge is 0.325 e. The first-order valence-electron chi connectivity index (χ1n) is 10.3. The van der Waals surface area contributed by atoms with Crippen LogP contribution in [0.2, 0.25) is 0 Å². The predicted molar refractivity (Wildman–Crippen MR) is 114 cm³/mol. The van der Waals surface area contributed by atoms with Crippen molar-refractivity contribution >= 4 is 11.9 Å². The summed E-state index contributed by atoms with van der Waals surface area (Å²) in [5, 5.41) is 6.18. The van der Waals surface area contributed by atoms with Crippen LogP contribution in [0, 0.1) is 12.8 Å². The molecule has 0 saturated carbocycles. The number of aryl methyl sites for hydroxylation is 1. The van der Waals surface area contributed by atoms with E-state index in [1.165, 1.54) is 0 Å². The fourth-order valence-corrected chi connectivity index (χ4v) is 2.89. The first-order valence-corrected chi connectivity index (χ1v) is 10.3. The molecule has 0 spiro atoms. The molecule has 2 N–H and O–H groups in total. The van der Waals surface area contributed by atoms with E-state index < -0.39 is 5.60 Å². The summed E-state index contributed by atoms with van der Waals surface area (Å²) in [5.41, 5.74) is 1.64. The zero-order valence-corrected chi connectivity index (χ0v) is 18.3. The van der Waals surface area contributed by atoms with Gasteiger partial charge in [0.15, 0.2) is 5.96 Å². The second kappa shape index (κ2) is 11.0. The fourth-order valence-electron chi connectivity index (χ4n) is 2.89. The lowest BCUT2D eigenvalue weighted by Gasteiger charge is -2.20. The number of rotatable bonds is 8. The molecule has 1 aromatic carbocycles. The molecule has 1 heterocycles. The van der Waals surface area contributed by atoms with Gasteiger partial charge in [0.05, 0.1) is 19.8 Å². The van der Waals surface area contributed by atoms with Crippen molar-refractivity contribution < 1.29 is 19.0 Å². The number of aliphatic imine (C=N–C) groups is 1. The maximum absolute atomic E-state index is 11.9. The molecule has 7 nitrogen and oxygen atoms in total. The SMILES string of the molecule is CCNC(=NCc1ccc(C)cc1OCC1CCOC1)NCC(=O)OC(C)(C)C. The van der Waals surface area contributed by atoms with E-state index in [0.717, 1.165) is 36.5 Å². The normalized spacial score (nSPS) is 17.1. The highest BCUT2D eigenvalue weighted by atomic mass is 16.6. The number of hydrogen-bond donors (Lipinski definition) is 2. The van der Waals surface area contributed by atoms with Crippen LogP contribution in [0.3, 0.4) is 0 Å². The van der Waals surface area contributed by atoms with Gasteiger partial charge in [-0.15, -0.1) is 0 Å². The molecule has 0 aromatic heterocycles. The minimum absolute atomic E-state index is 0.0576. The molecule has 0 bridgehead atoms. The van der Waals surface area contributed by atoms with Crippen LogP contribution in [0.5, 0.6) is 5.75 Å². The van der Waals surface area contributed by atoms with Crippen LogP contribution in [0.4, 0.5) is 0 Å². The predicted octanol–water partition coefficient (Wildman–Crippen LogP) is 2.81. The highest BCUT2D eigenvalue weighted by molar-refractivity contribution is 5.84. The first-order chi connectivity index (χ1) is 13.8. The Morgan fingerprint density at radius 1 is 1.31 bits per heavy atom. The van der Waals surface area contributed by atoms with Crippen molar-refractivity contribution in [2.75, 3.05) is 32.9 Å². The first kappa shape index (κ1) is 23.0. The average molecular weight is 406 g/mol. The summed E-state index contributed by atoms with van der Waals surface area (Å²) in [5.74, 6) is 1.54. The summed E-state index contributed by atoms with van der Waals surface area (Å²) in [6, 6.07) is 6.13. The molecule has 1 aliphatic heterocycles. The molecule has 29 heavy (non-hydrogen) atoms. The van der Waals surface area contributed by atoms with Crippen LogP contribution in [-0.4, -0.2) is 50.4 Å². The maximum atomic E-state index is 11.9. The third-order valence-corrected chi connectivity index (χ3v) is 4.29. The molecule has 1 fully saturated rings. The van der Waals surface area contributed by atoms with E-state index in [9.17, 15) is 4.79 Å². The molecule has 0 radical (unpaired) electrons. The molecule has 2 rings (SSSR count). The van der Waals surface area contributed by atoms with Crippen LogP contribution in [0.25, 0.3) is 0 Å². The molecular formula is C22H35N3O4. The standard InChI is InChI=1S/C22H35N3O4/c1-6-23-21(25-13-20(26)29-22(3,4)5)24-12-18-8-7-16(2)11-19(18)28-15-17-9-10-27-14-17/h7-8,11,17H,6,9-10,12-15H2,1-5H3,(H2,23,24,25). The summed E-state index contributed by atoms with van der Waals surface area (Å²) < 4.78 is 16.8. The number of benzene rings is 1. The summed E-state index contributed by atoms with van der Waals surface area (Å²) in [6.45, 7) is 13.0. The van der Waals surface area contributed by atoms with E-state index in [2.05, 4.69) is 21.7 Å². The molecule has 1 unspecified atom stereocenters. The highest BCUT2D eigenvalue weighted by Crippen LogP contribution is 2.23. The number of guanidine groups is 1. The van der Waals surface area contributed by atoms with Gasteiger partial charge in [0.2, 0.25) is 0 Å². The lowest BCUT2D eigenvalue weighted by molar-refractivity contribution is -0.153. The van der Waals surface area contributed by atoms with E-state index in [4.69, 9.17) is 14.2 Å². The van der Waals surface area contributed by atoms with Gasteiger partial charge in [-0.3, -0.25) is 4.79 Å². The van der Waals surface area contributed by atoms with E-state index >= 15 is 0 Å². The molecular weight excluding hydrogens is 370 g/mol. The number of nitrogens with zero attached hydrogens (tertiary/aromatic N) is 1. The van der Waals surface area contributed by atoms with Crippen molar-refractivity contribution in [3.63, 3.8) is 0 Å². The molecule has 1 atom stereocenters. The Bertz CT molecular complexity index is 692. The Labute approximate surface area is 174 Å². The second-order valence-corrected chi connectivity index (χ2v) is 8.29. The van der Waals surface area contributed by atoms with Crippen LogP contribution in [-0.2, 0) is 20.8 Å². The Balaban J connectivity index is 1.98. The van der Waals surface area contributed by atoms with Gasteiger partial charge in [-0.1, -0.05) is 12.1 Å². The number of esters is 1. The van der Waals surface area contributed by atoms with E-state index in [0.29, 0.717) is 31.6 Å². The van der Waals surface area contributed by atoms with Crippen LogP contribution in [0.1, 0.15) is 45.2 Å². The molecule has 1 aromatic rings. The van der Waals surface area contributed by atoms with Gasteiger partial charge in [0.1, 0.15) is 17.9 Å². The van der Waals surface area contributed by atoms with Gasteiger partial charge in [0.25, 0.3) is 0 Å². The van der Waals surface area contributed by atoms with E-state index in [1.54, 1.807) is 0 Å². The second-order valence-electron chi connectivity index (χ2n) is 8.29. The topological polar surface area (TPSA) is 81.2 Å². The lowest BCUT2D eigenvalue weighted by Crippen LogP contribution is -2.41. The van der Waals surface area contributed by atoms with Crippen molar-refractivity contribution in [3.8, 4) is 5.75 Å². The zero-order chi connectivity index (χ0) is 21.3. The summed E-state index contributed by atoms with van der Waals surface area (Å²) in [4.78, 5) is 16.6. The number of carbonyl (C=O) groups excluding carboxylic acids is 1. The van der Waals surface area contributed by atoms with Gasteiger partial charge in [-0.25, -0.2) is 4.99 Å². The van der Waals surface area contributed by atoms with Gasteiger partial charge in [0, 0.05) is 24.6 Å². The van der Waals surface area contributed by atoms with Crippen molar-refractivity contribution in [2.24, 2.45) is 10.9 Å². The molecule has 162 valence electrons. The average Bonchev–Trinajstić information content (AvgIpc) is 3.15. The van der Waals surface area contributed by atoms with E-state index in [-0.39, 0.29) is 12.5 Å². The number of ether oxygens (including phenoxy) is 3. The number of nitrogens with one attached hydrogen (secondary N) is 2. The Kier molecular flexibility index (Phi) is 8.76. The van der Waals surface area contributed by atoms with Crippen molar-refractivity contribution in [1.82, 2.24) is 10.6 Å². The van der Waals surface area contributed by atoms with Crippen LogP contribution < -0.4 is 15.4 Å². The molecule has 1 aliphatic rings. The third-order valence-electron chi connectivity index (χ3n) is 4.29. The zero-order valence-electron chi connectivity index (χ0n) is 18.3. The van der Waals surface area contributed by atoms with E-state index in [1.807, 2.05) is 46.8 Å². The largest absolute Gasteiger partial charge is 0.493 e. The number of carbonyl (C=O) groups is 1. The van der Waals surface area contributed by atoms with Crippen molar-refractivity contribution in [1.29, 1.82) is 0 Å². The Hall–Kier alpha value is -2.28. The summed E-state index contributed by atoms with van der Waals surface area (Å²) in [6.07, 6.45) is 1.04. The van der Waals surface area contributed by atoms with Gasteiger partial charge < -0.3 is 24.8 Å². The minimum Gasteiger partial charge on any atom is -0.493 e. The van der Waals surface area contributed by atoms with Crippen LogP contribution >= 0.6 is 0 Å². The lowest BCUT2D eigenvalue weighted by atomic mass is 10.1. The summed E-state index contributed by atoms with van der Waals surface area (Å²) >= 11 is 0. The van der Waals surface area contributed by atoms with Crippen molar-refractivity contribution in [3.05, 3.63) is 29.3 Å².